The Balaban J connectivity index is 2.21. The zero-order valence-electron chi connectivity index (χ0n) is 9.64. The van der Waals surface area contributed by atoms with Gasteiger partial charge in [-0.2, -0.15) is 0 Å². The molecule has 1 nitrogen and oxygen atoms in total. The number of rotatable bonds is 7. The minimum Gasteiger partial charge on any atom is -0.491 e. The van der Waals surface area contributed by atoms with E-state index in [1.165, 1.54) is 25.3 Å². The van der Waals surface area contributed by atoms with Gasteiger partial charge in [0.15, 0.2) is 11.6 Å². The number of ether oxygens (including phenoxy) is 1. The molecule has 1 aromatic carbocycles. The van der Waals surface area contributed by atoms with Crippen molar-refractivity contribution in [1.82, 2.24) is 0 Å². The lowest BCUT2D eigenvalue weighted by Crippen LogP contribution is -1.99. The van der Waals surface area contributed by atoms with E-state index in [9.17, 15) is 4.39 Å². The SMILES string of the molecule is CCCCCCCOc1ccc(Br)cc1F. The zero-order valence-corrected chi connectivity index (χ0v) is 11.2. The molecule has 0 radical (unpaired) electrons. The largest absolute Gasteiger partial charge is 0.491 e. The Bertz CT molecular complexity index is 315. The normalized spacial score (nSPS) is 10.4. The molecule has 16 heavy (non-hydrogen) atoms. The van der Waals surface area contributed by atoms with Gasteiger partial charge in [0.25, 0.3) is 0 Å². The van der Waals surface area contributed by atoms with Crippen molar-refractivity contribution in [3.63, 3.8) is 0 Å². The average Bonchev–Trinajstić information content (AvgIpc) is 2.26. The molecule has 0 atom stereocenters. The summed E-state index contributed by atoms with van der Waals surface area (Å²) in [6.07, 6.45) is 5.90. The molecule has 0 amide bonds. The molecule has 0 unspecified atom stereocenters. The van der Waals surface area contributed by atoms with E-state index in [4.69, 9.17) is 4.74 Å². The first-order chi connectivity index (χ1) is 7.74. The van der Waals surface area contributed by atoms with Gasteiger partial charge in [-0.1, -0.05) is 48.5 Å². The maximum atomic E-state index is 13.3. The van der Waals surface area contributed by atoms with Crippen molar-refractivity contribution < 1.29 is 9.13 Å². The van der Waals surface area contributed by atoms with Gasteiger partial charge >= 0.3 is 0 Å². The van der Waals surface area contributed by atoms with E-state index in [-0.39, 0.29) is 5.82 Å². The highest BCUT2D eigenvalue weighted by Gasteiger charge is 2.02. The molecule has 0 aliphatic heterocycles. The van der Waals surface area contributed by atoms with Crippen LogP contribution in [0.1, 0.15) is 39.0 Å². The molecule has 0 saturated carbocycles. The van der Waals surface area contributed by atoms with E-state index in [1.54, 1.807) is 12.1 Å². The summed E-state index contributed by atoms with van der Waals surface area (Å²) in [7, 11) is 0. The van der Waals surface area contributed by atoms with Crippen LogP contribution in [-0.2, 0) is 0 Å². The molecule has 0 spiro atoms. The highest BCUT2D eigenvalue weighted by Crippen LogP contribution is 2.21. The van der Waals surface area contributed by atoms with Gasteiger partial charge in [-0.15, -0.1) is 0 Å². The fourth-order valence-corrected chi connectivity index (χ4v) is 1.81. The molecule has 0 N–H and O–H groups in total. The lowest BCUT2D eigenvalue weighted by molar-refractivity contribution is 0.290. The monoisotopic (exact) mass is 288 g/mol. The first-order valence-corrected chi connectivity index (χ1v) is 6.61. The molecule has 0 aromatic heterocycles. The summed E-state index contributed by atoms with van der Waals surface area (Å²) in [5, 5.41) is 0. The van der Waals surface area contributed by atoms with Crippen molar-refractivity contribution in [3.8, 4) is 5.75 Å². The Labute approximate surface area is 105 Å². The molecule has 3 heteroatoms. The van der Waals surface area contributed by atoms with Gasteiger partial charge in [-0.25, -0.2) is 4.39 Å². The van der Waals surface area contributed by atoms with Crippen LogP contribution in [0.3, 0.4) is 0 Å². The van der Waals surface area contributed by atoms with Crippen molar-refractivity contribution >= 4 is 15.9 Å². The smallest absolute Gasteiger partial charge is 0.166 e. The summed E-state index contributed by atoms with van der Waals surface area (Å²) in [6, 6.07) is 4.87. The number of hydrogen-bond acceptors (Lipinski definition) is 1. The van der Waals surface area contributed by atoms with Gasteiger partial charge in [0.2, 0.25) is 0 Å². The average molecular weight is 289 g/mol. The quantitative estimate of drug-likeness (QED) is 0.646. The van der Waals surface area contributed by atoms with Crippen LogP contribution < -0.4 is 4.74 Å². The second-order valence-electron chi connectivity index (χ2n) is 3.84. The van der Waals surface area contributed by atoms with E-state index in [0.717, 1.165) is 17.3 Å². The van der Waals surface area contributed by atoms with Crippen molar-refractivity contribution in [2.75, 3.05) is 6.61 Å². The van der Waals surface area contributed by atoms with Crippen molar-refractivity contribution in [1.29, 1.82) is 0 Å². The topological polar surface area (TPSA) is 9.23 Å². The number of halogens is 2. The first-order valence-electron chi connectivity index (χ1n) is 5.82. The first kappa shape index (κ1) is 13.5. The molecule has 0 bridgehead atoms. The van der Waals surface area contributed by atoms with Crippen LogP contribution in [-0.4, -0.2) is 6.61 Å². The van der Waals surface area contributed by atoms with E-state index >= 15 is 0 Å². The number of unbranched alkanes of at least 4 members (excludes halogenated alkanes) is 4. The second kappa shape index (κ2) is 7.66. The maximum Gasteiger partial charge on any atom is 0.166 e. The van der Waals surface area contributed by atoms with Crippen LogP contribution in [0.15, 0.2) is 22.7 Å². The summed E-state index contributed by atoms with van der Waals surface area (Å²) in [6.45, 7) is 2.79. The van der Waals surface area contributed by atoms with E-state index in [1.807, 2.05) is 0 Å². The van der Waals surface area contributed by atoms with Gasteiger partial charge in [0.1, 0.15) is 0 Å². The lowest BCUT2D eigenvalue weighted by atomic mass is 10.2. The summed E-state index contributed by atoms with van der Waals surface area (Å²) >= 11 is 3.21. The van der Waals surface area contributed by atoms with Crippen molar-refractivity contribution in [3.05, 3.63) is 28.5 Å². The van der Waals surface area contributed by atoms with Crippen LogP contribution >= 0.6 is 15.9 Å². The zero-order chi connectivity index (χ0) is 11.8. The predicted molar refractivity (Wildman–Crippen MR) is 68.4 cm³/mol. The van der Waals surface area contributed by atoms with Crippen molar-refractivity contribution in [2.24, 2.45) is 0 Å². The van der Waals surface area contributed by atoms with Crippen molar-refractivity contribution in [2.45, 2.75) is 39.0 Å². The van der Waals surface area contributed by atoms with Gasteiger partial charge < -0.3 is 4.74 Å². The van der Waals surface area contributed by atoms with Gasteiger partial charge in [-0.05, 0) is 24.6 Å². The predicted octanol–water partition coefficient (Wildman–Crippen LogP) is 4.94. The minimum absolute atomic E-state index is 0.303. The van der Waals surface area contributed by atoms with Crippen LogP contribution in [0.2, 0.25) is 0 Å². The fourth-order valence-electron chi connectivity index (χ4n) is 1.48. The molecular formula is C13H18BrFO. The third-order valence-corrected chi connectivity index (χ3v) is 2.89. The Morgan fingerprint density at radius 1 is 1.19 bits per heavy atom. The Kier molecular flexibility index (Phi) is 6.46. The molecule has 0 aliphatic rings. The van der Waals surface area contributed by atoms with E-state index in [0.29, 0.717) is 12.4 Å². The minimum atomic E-state index is -0.303. The number of benzene rings is 1. The summed E-state index contributed by atoms with van der Waals surface area (Å²) < 4.78 is 19.4. The van der Waals surface area contributed by atoms with Crippen LogP contribution in [0.25, 0.3) is 0 Å². The Morgan fingerprint density at radius 2 is 1.94 bits per heavy atom. The second-order valence-corrected chi connectivity index (χ2v) is 4.75. The van der Waals surface area contributed by atoms with E-state index in [2.05, 4.69) is 22.9 Å². The fraction of sp³-hybridized carbons (Fsp3) is 0.538. The van der Waals surface area contributed by atoms with Crippen LogP contribution in [0.4, 0.5) is 4.39 Å². The van der Waals surface area contributed by atoms with Crippen LogP contribution in [0, 0.1) is 5.82 Å². The maximum absolute atomic E-state index is 13.3. The summed E-state index contributed by atoms with van der Waals surface area (Å²) in [5.41, 5.74) is 0. The molecule has 1 rings (SSSR count). The summed E-state index contributed by atoms with van der Waals surface area (Å²) in [5.74, 6) is 0.0432. The molecule has 90 valence electrons. The third kappa shape index (κ3) is 4.97. The Hall–Kier alpha value is -0.570. The van der Waals surface area contributed by atoms with E-state index < -0.39 is 0 Å². The van der Waals surface area contributed by atoms with Gasteiger partial charge in [-0.3, -0.25) is 0 Å². The molecule has 0 saturated heterocycles. The third-order valence-electron chi connectivity index (χ3n) is 2.40. The number of hydrogen-bond donors (Lipinski definition) is 0. The lowest BCUT2D eigenvalue weighted by Gasteiger charge is -2.07. The Morgan fingerprint density at radius 3 is 2.62 bits per heavy atom. The standard InChI is InChI=1S/C13H18BrFO/c1-2-3-4-5-6-9-16-13-8-7-11(14)10-12(13)15/h7-8,10H,2-6,9H2,1H3. The highest BCUT2D eigenvalue weighted by molar-refractivity contribution is 9.10. The van der Waals surface area contributed by atoms with Gasteiger partial charge in [0.05, 0.1) is 6.61 Å². The molecule has 0 aliphatic carbocycles. The molecule has 0 fully saturated rings. The molecule has 1 aromatic rings. The summed E-state index contributed by atoms with van der Waals surface area (Å²) in [4.78, 5) is 0. The molecular weight excluding hydrogens is 271 g/mol. The molecule has 0 heterocycles. The van der Waals surface area contributed by atoms with Crippen LogP contribution in [0.5, 0.6) is 5.75 Å². The highest BCUT2D eigenvalue weighted by atomic mass is 79.9. The van der Waals surface area contributed by atoms with Gasteiger partial charge in [0, 0.05) is 4.47 Å².